The number of aromatic amines is 1. The van der Waals surface area contributed by atoms with Gasteiger partial charge < -0.3 is 9.88 Å². The normalized spacial score (nSPS) is 10.8. The van der Waals surface area contributed by atoms with Crippen molar-refractivity contribution in [2.75, 3.05) is 14.1 Å². The van der Waals surface area contributed by atoms with Gasteiger partial charge in [-0.15, -0.1) is 0 Å². The van der Waals surface area contributed by atoms with Crippen molar-refractivity contribution in [3.05, 3.63) is 16.0 Å². The summed E-state index contributed by atoms with van der Waals surface area (Å²) in [7, 11) is 3.89. The molecule has 0 atom stereocenters. The number of rotatable bonds is 2. The first-order valence-electron chi connectivity index (χ1n) is 3.23. The van der Waals surface area contributed by atoms with Gasteiger partial charge >= 0.3 is 0 Å². The van der Waals surface area contributed by atoms with Gasteiger partial charge in [0.2, 0.25) is 0 Å². The van der Waals surface area contributed by atoms with Crippen LogP contribution in [0.4, 0.5) is 5.69 Å². The predicted octanol–water partition coefficient (Wildman–Crippen LogP) is 1.84. The summed E-state index contributed by atoms with van der Waals surface area (Å²) in [5.74, 6) is 0. The molecule has 60 valence electrons. The quantitative estimate of drug-likeness (QED) is 0.492. The summed E-state index contributed by atoms with van der Waals surface area (Å²) in [4.78, 5) is 9.18. The maximum atomic E-state index is 4.23. The molecule has 1 aromatic rings. The predicted molar refractivity (Wildman–Crippen MR) is 55.3 cm³/mol. The third-order valence-electron chi connectivity index (χ3n) is 1.10. The fraction of sp³-hybridized carbons (Fsp3) is 0.286. The molecule has 4 heteroatoms. The van der Waals surface area contributed by atoms with E-state index < -0.39 is 0 Å². The van der Waals surface area contributed by atoms with Crippen LogP contribution in [0.5, 0.6) is 0 Å². The Morgan fingerprint density at radius 1 is 1.64 bits per heavy atom. The molecule has 0 aromatic carbocycles. The second-order valence-corrected chi connectivity index (χ2v) is 3.46. The molecule has 1 N–H and O–H groups in total. The van der Waals surface area contributed by atoms with Crippen molar-refractivity contribution in [2.24, 2.45) is 4.99 Å². The molecule has 3 nitrogen and oxygen atoms in total. The fourth-order valence-electron chi connectivity index (χ4n) is 0.618. The van der Waals surface area contributed by atoms with E-state index in [9.17, 15) is 0 Å². The van der Waals surface area contributed by atoms with Crippen LogP contribution < -0.4 is 0 Å². The zero-order valence-corrected chi connectivity index (χ0v) is 8.66. The van der Waals surface area contributed by atoms with E-state index >= 15 is 0 Å². The van der Waals surface area contributed by atoms with E-state index in [1.165, 1.54) is 0 Å². The number of nitrogens with zero attached hydrogens (tertiary/aromatic N) is 2. The monoisotopic (exact) mass is 263 g/mol. The van der Waals surface area contributed by atoms with Crippen LogP contribution >= 0.6 is 22.6 Å². The second-order valence-electron chi connectivity index (χ2n) is 2.39. The van der Waals surface area contributed by atoms with Gasteiger partial charge in [-0.2, -0.15) is 0 Å². The van der Waals surface area contributed by atoms with E-state index in [0.29, 0.717) is 0 Å². The van der Waals surface area contributed by atoms with Crippen molar-refractivity contribution in [1.82, 2.24) is 9.88 Å². The molecular weight excluding hydrogens is 253 g/mol. The standard InChI is InChI=1S/C7H10IN3/c1-11(2)5-10-6-3-4-9-7(6)8/h3-5,9H,1-2H3. The molecule has 1 rings (SSSR count). The third-order valence-corrected chi connectivity index (χ3v) is 1.97. The Morgan fingerprint density at radius 3 is 2.82 bits per heavy atom. The van der Waals surface area contributed by atoms with E-state index in [-0.39, 0.29) is 0 Å². The van der Waals surface area contributed by atoms with Crippen LogP contribution in [0.2, 0.25) is 0 Å². The van der Waals surface area contributed by atoms with Gasteiger partial charge in [0.25, 0.3) is 0 Å². The zero-order chi connectivity index (χ0) is 8.27. The minimum absolute atomic E-state index is 0.985. The molecule has 0 aliphatic carbocycles. The number of nitrogens with one attached hydrogen (secondary N) is 1. The highest BCUT2D eigenvalue weighted by Crippen LogP contribution is 2.18. The first-order chi connectivity index (χ1) is 5.20. The smallest absolute Gasteiger partial charge is 0.103 e. The Kier molecular flexibility index (Phi) is 2.92. The van der Waals surface area contributed by atoms with Gasteiger partial charge in [0.15, 0.2) is 0 Å². The van der Waals surface area contributed by atoms with Crippen molar-refractivity contribution in [3.63, 3.8) is 0 Å². The number of aliphatic imine (C=N–C) groups is 1. The number of halogens is 1. The van der Waals surface area contributed by atoms with E-state index in [1.807, 2.05) is 31.3 Å². The molecule has 1 heterocycles. The summed E-state index contributed by atoms with van der Waals surface area (Å²) < 4.78 is 1.07. The number of aromatic nitrogens is 1. The largest absolute Gasteiger partial charge is 0.369 e. The molecule has 1 aromatic heterocycles. The summed E-state index contributed by atoms with van der Waals surface area (Å²) in [5, 5.41) is 0. The van der Waals surface area contributed by atoms with Crippen molar-refractivity contribution < 1.29 is 0 Å². The van der Waals surface area contributed by atoms with E-state index in [2.05, 4.69) is 32.6 Å². The molecule has 0 saturated carbocycles. The summed E-state index contributed by atoms with van der Waals surface area (Å²) in [6.45, 7) is 0. The number of hydrogen-bond donors (Lipinski definition) is 1. The summed E-state index contributed by atoms with van der Waals surface area (Å²) >= 11 is 2.21. The van der Waals surface area contributed by atoms with E-state index in [0.717, 1.165) is 9.39 Å². The van der Waals surface area contributed by atoms with Crippen LogP contribution in [0, 0.1) is 3.70 Å². The van der Waals surface area contributed by atoms with E-state index in [1.54, 1.807) is 6.34 Å². The van der Waals surface area contributed by atoms with Gasteiger partial charge in [-0.3, -0.25) is 0 Å². The van der Waals surface area contributed by atoms with Crippen LogP contribution in [0.3, 0.4) is 0 Å². The van der Waals surface area contributed by atoms with Gasteiger partial charge in [0, 0.05) is 20.3 Å². The van der Waals surface area contributed by atoms with Crippen LogP contribution in [-0.2, 0) is 0 Å². The molecule has 0 aliphatic rings. The summed E-state index contributed by atoms with van der Waals surface area (Å²) in [6.07, 6.45) is 3.66. The SMILES string of the molecule is CN(C)C=Nc1cc[nH]c1I. The summed E-state index contributed by atoms with van der Waals surface area (Å²) in [5.41, 5.74) is 0.985. The molecule has 11 heavy (non-hydrogen) atoms. The topological polar surface area (TPSA) is 31.4 Å². The molecule has 0 radical (unpaired) electrons. The zero-order valence-electron chi connectivity index (χ0n) is 6.50. The van der Waals surface area contributed by atoms with Gasteiger partial charge in [-0.05, 0) is 28.7 Å². The van der Waals surface area contributed by atoms with Crippen LogP contribution in [0.1, 0.15) is 0 Å². The Balaban J connectivity index is 2.71. The minimum Gasteiger partial charge on any atom is -0.369 e. The Bertz CT molecular complexity index is 252. The first-order valence-corrected chi connectivity index (χ1v) is 4.31. The van der Waals surface area contributed by atoms with Crippen LogP contribution in [-0.4, -0.2) is 30.3 Å². The van der Waals surface area contributed by atoms with Crippen molar-refractivity contribution in [2.45, 2.75) is 0 Å². The van der Waals surface area contributed by atoms with Crippen molar-refractivity contribution in [1.29, 1.82) is 0 Å². The molecule has 0 fully saturated rings. The van der Waals surface area contributed by atoms with Crippen molar-refractivity contribution in [3.8, 4) is 0 Å². The lowest BCUT2D eigenvalue weighted by molar-refractivity contribution is 0.643. The van der Waals surface area contributed by atoms with Crippen molar-refractivity contribution >= 4 is 34.6 Å². The lowest BCUT2D eigenvalue weighted by Crippen LogP contribution is -2.06. The lowest BCUT2D eigenvalue weighted by atomic mass is 10.5. The molecule has 0 saturated heterocycles. The van der Waals surface area contributed by atoms with Crippen LogP contribution in [0.15, 0.2) is 17.3 Å². The van der Waals surface area contributed by atoms with Gasteiger partial charge in [-0.25, -0.2) is 4.99 Å². The van der Waals surface area contributed by atoms with Gasteiger partial charge in [-0.1, -0.05) is 0 Å². The molecular formula is C7H10IN3. The first kappa shape index (κ1) is 8.58. The third kappa shape index (κ3) is 2.53. The highest BCUT2D eigenvalue weighted by Gasteiger charge is 1.94. The molecule has 0 spiro atoms. The number of H-pyrrole nitrogens is 1. The minimum atomic E-state index is 0.985. The maximum absolute atomic E-state index is 4.23. The lowest BCUT2D eigenvalue weighted by Gasteiger charge is -2.00. The highest BCUT2D eigenvalue weighted by atomic mass is 127. The van der Waals surface area contributed by atoms with Gasteiger partial charge in [0.1, 0.15) is 3.70 Å². The molecule has 0 aliphatic heterocycles. The average molecular weight is 263 g/mol. The molecule has 0 unspecified atom stereocenters. The number of hydrogen-bond acceptors (Lipinski definition) is 1. The molecule has 0 amide bonds. The Hall–Kier alpha value is -0.520. The van der Waals surface area contributed by atoms with Crippen LogP contribution in [0.25, 0.3) is 0 Å². The fourth-order valence-corrected chi connectivity index (χ4v) is 1.12. The molecule has 0 bridgehead atoms. The van der Waals surface area contributed by atoms with E-state index in [4.69, 9.17) is 0 Å². The Labute approximate surface area is 79.7 Å². The van der Waals surface area contributed by atoms with Gasteiger partial charge in [0.05, 0.1) is 12.0 Å². The summed E-state index contributed by atoms with van der Waals surface area (Å²) in [6, 6.07) is 1.95. The maximum Gasteiger partial charge on any atom is 0.103 e. The highest BCUT2D eigenvalue weighted by molar-refractivity contribution is 14.1. The second kappa shape index (κ2) is 3.75. The Morgan fingerprint density at radius 2 is 2.36 bits per heavy atom. The average Bonchev–Trinajstić information content (AvgIpc) is 2.31.